The van der Waals surface area contributed by atoms with Gasteiger partial charge in [0, 0.05) is 11.3 Å². The highest BCUT2D eigenvalue weighted by atomic mass is 32.1. The van der Waals surface area contributed by atoms with Crippen molar-refractivity contribution in [2.75, 3.05) is 5.32 Å². The number of carbonyl (C=O) groups excluding carboxylic acids is 1. The third-order valence-corrected chi connectivity index (χ3v) is 6.28. The molecule has 10 heteroatoms. The molecular formula is C26H24F3N3O3S. The van der Waals surface area contributed by atoms with Crippen LogP contribution >= 0.6 is 11.3 Å². The maximum atomic E-state index is 12.9. The summed E-state index contributed by atoms with van der Waals surface area (Å²) in [6.45, 7) is 1.68. The number of nitrogens with one attached hydrogen (secondary N) is 2. The summed E-state index contributed by atoms with van der Waals surface area (Å²) in [5.74, 6) is -1.54. The molecule has 0 saturated heterocycles. The van der Waals surface area contributed by atoms with Gasteiger partial charge >= 0.3 is 12.1 Å². The standard InChI is InChI=1S/C25H20F3N3O3S.CH4/c1-2-19(23(33)34)30-22(32)16-5-3-14(4-6-16)15-7-10-18(11-8-15)29-24-31-20-12-9-17(25(26,27)28)13-21(20)35-24;/h3-13,19H,2H2,1H3,(H,29,31)(H,30,32)(H,33,34);1H4/t19-;/m0./s1. The summed E-state index contributed by atoms with van der Waals surface area (Å²) in [4.78, 5) is 27.7. The second-order valence-corrected chi connectivity index (χ2v) is 8.78. The number of aliphatic carboxylic acids is 1. The van der Waals surface area contributed by atoms with Gasteiger partial charge in [-0.15, -0.1) is 0 Å². The molecule has 0 bridgehead atoms. The SMILES string of the molecule is C.CC[C@H](NC(=O)c1ccc(-c2ccc(Nc3nc4ccc(C(F)(F)F)cc4s3)cc2)cc1)C(=O)O. The number of aromatic nitrogens is 1. The topological polar surface area (TPSA) is 91.3 Å². The number of thiazole rings is 1. The summed E-state index contributed by atoms with van der Waals surface area (Å²) in [5, 5.41) is 15.2. The van der Waals surface area contributed by atoms with Crippen LogP contribution in [0.25, 0.3) is 21.3 Å². The molecule has 4 rings (SSSR count). The molecule has 0 aliphatic rings. The molecule has 1 atom stereocenters. The van der Waals surface area contributed by atoms with Gasteiger partial charge in [0.15, 0.2) is 5.13 Å². The fourth-order valence-corrected chi connectivity index (χ4v) is 4.34. The third kappa shape index (κ3) is 6.01. The Bertz CT molecular complexity index is 1370. The molecule has 0 aliphatic heterocycles. The van der Waals surface area contributed by atoms with Gasteiger partial charge in [0.25, 0.3) is 5.91 Å². The molecule has 1 aromatic heterocycles. The van der Waals surface area contributed by atoms with E-state index in [1.54, 1.807) is 31.2 Å². The number of nitrogens with zero attached hydrogens (tertiary/aromatic N) is 1. The van der Waals surface area contributed by atoms with Crippen molar-refractivity contribution in [3.05, 3.63) is 77.9 Å². The van der Waals surface area contributed by atoms with E-state index in [0.29, 0.717) is 20.9 Å². The van der Waals surface area contributed by atoms with Crippen LogP contribution < -0.4 is 10.6 Å². The number of benzene rings is 3. The quantitative estimate of drug-likeness (QED) is 0.248. The minimum Gasteiger partial charge on any atom is -0.480 e. The van der Waals surface area contributed by atoms with Crippen molar-refractivity contribution in [2.45, 2.75) is 33.0 Å². The van der Waals surface area contributed by atoms with Crippen molar-refractivity contribution in [3.63, 3.8) is 0 Å². The third-order valence-electron chi connectivity index (χ3n) is 5.34. The molecule has 188 valence electrons. The first-order valence-corrected chi connectivity index (χ1v) is 11.4. The van der Waals surface area contributed by atoms with Gasteiger partial charge in [0.1, 0.15) is 6.04 Å². The van der Waals surface area contributed by atoms with Crippen molar-refractivity contribution in [3.8, 4) is 11.1 Å². The van der Waals surface area contributed by atoms with Gasteiger partial charge in [-0.25, -0.2) is 9.78 Å². The number of carbonyl (C=O) groups is 2. The number of fused-ring (bicyclic) bond motifs is 1. The van der Waals surface area contributed by atoms with E-state index in [9.17, 15) is 22.8 Å². The number of amides is 1. The van der Waals surface area contributed by atoms with Crippen LogP contribution in [0, 0.1) is 0 Å². The van der Waals surface area contributed by atoms with Crippen LogP contribution in [0.5, 0.6) is 0 Å². The molecule has 4 aromatic rings. The Morgan fingerprint density at radius 1 is 1.00 bits per heavy atom. The highest BCUT2D eigenvalue weighted by molar-refractivity contribution is 7.22. The number of rotatable bonds is 7. The van der Waals surface area contributed by atoms with Gasteiger partial charge in [-0.2, -0.15) is 13.2 Å². The maximum absolute atomic E-state index is 12.9. The fourth-order valence-electron chi connectivity index (χ4n) is 3.42. The number of hydrogen-bond acceptors (Lipinski definition) is 5. The van der Waals surface area contributed by atoms with Crippen molar-refractivity contribution >= 4 is 44.2 Å². The molecule has 0 unspecified atom stereocenters. The zero-order valence-electron chi connectivity index (χ0n) is 18.4. The average molecular weight is 516 g/mol. The van der Waals surface area contributed by atoms with E-state index in [1.807, 2.05) is 24.3 Å². The Kier molecular flexibility index (Phi) is 7.99. The molecule has 0 saturated carbocycles. The first-order valence-electron chi connectivity index (χ1n) is 10.6. The molecule has 0 spiro atoms. The van der Waals surface area contributed by atoms with Crippen molar-refractivity contribution in [1.29, 1.82) is 0 Å². The lowest BCUT2D eigenvalue weighted by Crippen LogP contribution is -2.40. The van der Waals surface area contributed by atoms with Gasteiger partial charge < -0.3 is 15.7 Å². The van der Waals surface area contributed by atoms with Crippen LogP contribution in [-0.4, -0.2) is 28.0 Å². The predicted octanol–water partition coefficient (Wildman–Crippen LogP) is 6.95. The molecule has 36 heavy (non-hydrogen) atoms. The van der Waals surface area contributed by atoms with Gasteiger partial charge in [-0.1, -0.05) is 50.0 Å². The van der Waals surface area contributed by atoms with E-state index in [1.165, 1.54) is 6.07 Å². The van der Waals surface area contributed by atoms with Crippen LogP contribution in [0.4, 0.5) is 24.0 Å². The Balaban J connectivity index is 0.00000361. The van der Waals surface area contributed by atoms with Crippen LogP contribution in [-0.2, 0) is 11.0 Å². The van der Waals surface area contributed by atoms with Gasteiger partial charge in [0.2, 0.25) is 0 Å². The molecule has 3 aromatic carbocycles. The lowest BCUT2D eigenvalue weighted by atomic mass is 10.0. The van der Waals surface area contributed by atoms with Gasteiger partial charge in [-0.05, 0) is 60.0 Å². The zero-order valence-corrected chi connectivity index (χ0v) is 19.2. The average Bonchev–Trinajstić information content (AvgIpc) is 3.23. The predicted molar refractivity (Wildman–Crippen MR) is 136 cm³/mol. The summed E-state index contributed by atoms with van der Waals surface area (Å²) < 4.78 is 39.2. The normalized spacial score (nSPS) is 12.0. The summed E-state index contributed by atoms with van der Waals surface area (Å²) in [7, 11) is 0. The van der Waals surface area contributed by atoms with Gasteiger partial charge in [0.05, 0.1) is 15.8 Å². The monoisotopic (exact) mass is 515 g/mol. The van der Waals surface area contributed by atoms with E-state index in [4.69, 9.17) is 5.11 Å². The Hall–Kier alpha value is -3.92. The second kappa shape index (κ2) is 10.8. The largest absolute Gasteiger partial charge is 0.480 e. The lowest BCUT2D eigenvalue weighted by molar-refractivity contribution is -0.139. The van der Waals surface area contributed by atoms with E-state index in [0.717, 1.165) is 40.3 Å². The number of carboxylic acids is 1. The number of hydrogen-bond donors (Lipinski definition) is 3. The molecule has 1 heterocycles. The minimum absolute atomic E-state index is 0. The molecule has 0 aliphatic carbocycles. The second-order valence-electron chi connectivity index (χ2n) is 7.75. The van der Waals surface area contributed by atoms with Crippen LogP contribution in [0.3, 0.4) is 0 Å². The van der Waals surface area contributed by atoms with Crippen LogP contribution in [0.15, 0.2) is 66.7 Å². The number of halogens is 3. The van der Waals surface area contributed by atoms with E-state index in [-0.39, 0.29) is 13.8 Å². The maximum Gasteiger partial charge on any atom is 0.416 e. The number of carboxylic acid groups (broad SMARTS) is 1. The van der Waals surface area contributed by atoms with E-state index in [2.05, 4.69) is 15.6 Å². The molecule has 1 amide bonds. The Morgan fingerprint density at radius 2 is 1.61 bits per heavy atom. The highest BCUT2D eigenvalue weighted by Crippen LogP contribution is 2.35. The first kappa shape index (κ1) is 26.7. The summed E-state index contributed by atoms with van der Waals surface area (Å²) in [5.41, 5.74) is 2.60. The summed E-state index contributed by atoms with van der Waals surface area (Å²) >= 11 is 1.14. The Morgan fingerprint density at radius 3 is 2.17 bits per heavy atom. The first-order chi connectivity index (χ1) is 16.6. The van der Waals surface area contributed by atoms with Crippen molar-refractivity contribution in [2.24, 2.45) is 0 Å². The molecule has 0 radical (unpaired) electrons. The van der Waals surface area contributed by atoms with E-state index < -0.39 is 29.7 Å². The minimum atomic E-state index is -4.40. The van der Waals surface area contributed by atoms with E-state index >= 15 is 0 Å². The number of anilines is 2. The lowest BCUT2D eigenvalue weighted by Gasteiger charge is -2.12. The molecular weight excluding hydrogens is 491 g/mol. The van der Waals surface area contributed by atoms with Gasteiger partial charge in [-0.3, -0.25) is 4.79 Å². The van der Waals surface area contributed by atoms with Crippen molar-refractivity contribution in [1.82, 2.24) is 10.3 Å². The van der Waals surface area contributed by atoms with Crippen molar-refractivity contribution < 1.29 is 27.9 Å². The molecule has 3 N–H and O–H groups in total. The molecule has 6 nitrogen and oxygen atoms in total. The van der Waals surface area contributed by atoms with Crippen LogP contribution in [0.1, 0.15) is 36.7 Å². The highest BCUT2D eigenvalue weighted by Gasteiger charge is 2.30. The fraction of sp³-hybridized carbons (Fsp3) is 0.192. The Labute approximate surface area is 209 Å². The number of alkyl halides is 3. The molecule has 0 fully saturated rings. The summed E-state index contributed by atoms with van der Waals surface area (Å²) in [6, 6.07) is 16.7. The van der Waals surface area contributed by atoms with Crippen LogP contribution in [0.2, 0.25) is 0 Å². The summed E-state index contributed by atoms with van der Waals surface area (Å²) in [6.07, 6.45) is -4.12. The zero-order chi connectivity index (χ0) is 25.2. The smallest absolute Gasteiger partial charge is 0.416 e.